The molecule has 0 aliphatic heterocycles. The van der Waals surface area contributed by atoms with Crippen molar-refractivity contribution in [2.24, 2.45) is 0 Å². The highest BCUT2D eigenvalue weighted by molar-refractivity contribution is 5.83. The lowest BCUT2D eigenvalue weighted by Gasteiger charge is -2.09. The van der Waals surface area contributed by atoms with Gasteiger partial charge in [0.25, 0.3) is 0 Å². The molecule has 0 bridgehead atoms. The average Bonchev–Trinajstić information content (AvgIpc) is 2.85. The molecule has 19 heavy (non-hydrogen) atoms. The third-order valence-electron chi connectivity index (χ3n) is 3.34. The van der Waals surface area contributed by atoms with Crippen molar-refractivity contribution >= 4 is 10.9 Å². The van der Waals surface area contributed by atoms with E-state index < -0.39 is 0 Å². The molecular weight excluding hydrogens is 234 g/mol. The maximum Gasteiger partial charge on any atom is 0.0529 e. The zero-order chi connectivity index (χ0) is 13.1. The van der Waals surface area contributed by atoms with Crippen molar-refractivity contribution in [2.75, 3.05) is 7.05 Å². The van der Waals surface area contributed by atoms with Gasteiger partial charge in [-0.3, -0.25) is 4.98 Å². The predicted molar refractivity (Wildman–Crippen MR) is 78.0 cm³/mol. The number of hydrogen-bond acceptors (Lipinski definition) is 2. The van der Waals surface area contributed by atoms with Gasteiger partial charge in [0.1, 0.15) is 0 Å². The van der Waals surface area contributed by atoms with Crippen LogP contribution in [-0.4, -0.2) is 16.6 Å². The smallest absolute Gasteiger partial charge is 0.0529 e. The average molecular weight is 251 g/mol. The molecule has 3 heteroatoms. The van der Waals surface area contributed by atoms with Gasteiger partial charge in [-0.1, -0.05) is 18.2 Å². The topological polar surface area (TPSA) is 29.9 Å². The molecule has 2 heterocycles. The van der Waals surface area contributed by atoms with Crippen LogP contribution < -0.4 is 5.32 Å². The second-order valence-electron chi connectivity index (χ2n) is 4.68. The highest BCUT2D eigenvalue weighted by Crippen LogP contribution is 2.21. The Morgan fingerprint density at radius 2 is 1.95 bits per heavy atom. The number of benzene rings is 1. The van der Waals surface area contributed by atoms with Gasteiger partial charge in [-0.2, -0.15) is 0 Å². The zero-order valence-corrected chi connectivity index (χ0v) is 11.0. The van der Waals surface area contributed by atoms with Crippen LogP contribution in [0, 0.1) is 0 Å². The summed E-state index contributed by atoms with van der Waals surface area (Å²) in [5.74, 6) is 0. The molecule has 2 aromatic heterocycles. The highest BCUT2D eigenvalue weighted by atomic mass is 15.0. The minimum atomic E-state index is 0.882. The Balaban J connectivity index is 2.04. The summed E-state index contributed by atoms with van der Waals surface area (Å²) in [6.07, 6.45) is 5.84. The first-order valence-corrected chi connectivity index (χ1v) is 6.49. The summed E-state index contributed by atoms with van der Waals surface area (Å²) in [6.45, 7) is 1.77. The first-order chi connectivity index (χ1) is 9.38. The van der Waals surface area contributed by atoms with Crippen LogP contribution in [0.4, 0.5) is 0 Å². The number of hydrogen-bond donors (Lipinski definition) is 1. The van der Waals surface area contributed by atoms with Gasteiger partial charge in [0, 0.05) is 31.7 Å². The summed E-state index contributed by atoms with van der Waals surface area (Å²) in [5, 5.41) is 4.53. The van der Waals surface area contributed by atoms with E-state index in [2.05, 4.69) is 57.5 Å². The van der Waals surface area contributed by atoms with Crippen LogP contribution >= 0.6 is 0 Å². The van der Waals surface area contributed by atoms with Crippen molar-refractivity contribution in [1.29, 1.82) is 0 Å². The molecule has 0 saturated heterocycles. The van der Waals surface area contributed by atoms with E-state index >= 15 is 0 Å². The van der Waals surface area contributed by atoms with E-state index in [9.17, 15) is 0 Å². The number of nitrogens with zero attached hydrogens (tertiary/aromatic N) is 2. The summed E-state index contributed by atoms with van der Waals surface area (Å²) in [4.78, 5) is 4.06. The maximum atomic E-state index is 4.06. The third-order valence-corrected chi connectivity index (χ3v) is 3.34. The van der Waals surface area contributed by atoms with Crippen molar-refractivity contribution in [3.05, 3.63) is 66.1 Å². The maximum absolute atomic E-state index is 4.06. The van der Waals surface area contributed by atoms with Gasteiger partial charge in [0.15, 0.2) is 0 Å². The summed E-state index contributed by atoms with van der Waals surface area (Å²) in [7, 11) is 1.98. The molecule has 0 amide bonds. The molecule has 0 atom stereocenters. The molecule has 3 aromatic rings. The first-order valence-electron chi connectivity index (χ1n) is 6.49. The SMILES string of the molecule is CNCc1cccc2ccn(Cc3ccncc3)c12. The third kappa shape index (κ3) is 2.37. The second-order valence-corrected chi connectivity index (χ2v) is 4.68. The van der Waals surface area contributed by atoms with Crippen LogP contribution in [0.1, 0.15) is 11.1 Å². The van der Waals surface area contributed by atoms with E-state index in [0.29, 0.717) is 0 Å². The van der Waals surface area contributed by atoms with Crippen molar-refractivity contribution < 1.29 is 0 Å². The summed E-state index contributed by atoms with van der Waals surface area (Å²) in [5.41, 5.74) is 3.92. The summed E-state index contributed by atoms with van der Waals surface area (Å²) >= 11 is 0. The number of para-hydroxylation sites is 1. The van der Waals surface area contributed by atoms with E-state index in [1.165, 1.54) is 22.0 Å². The Labute approximate surface area is 112 Å². The Hall–Kier alpha value is -2.13. The van der Waals surface area contributed by atoms with E-state index in [4.69, 9.17) is 0 Å². The molecule has 3 nitrogen and oxygen atoms in total. The Morgan fingerprint density at radius 3 is 2.74 bits per heavy atom. The first kappa shape index (κ1) is 11.9. The van der Waals surface area contributed by atoms with Crippen LogP contribution in [0.25, 0.3) is 10.9 Å². The molecule has 96 valence electrons. The fourth-order valence-corrected chi connectivity index (χ4v) is 2.49. The van der Waals surface area contributed by atoms with Crippen molar-refractivity contribution in [3.63, 3.8) is 0 Å². The van der Waals surface area contributed by atoms with Gasteiger partial charge in [0.05, 0.1) is 5.52 Å². The fraction of sp³-hybridized carbons (Fsp3) is 0.188. The molecular formula is C16H17N3. The zero-order valence-electron chi connectivity index (χ0n) is 11.0. The molecule has 0 saturated carbocycles. The molecule has 1 aromatic carbocycles. The molecule has 0 radical (unpaired) electrons. The molecule has 0 unspecified atom stereocenters. The van der Waals surface area contributed by atoms with E-state index in [1.807, 2.05) is 19.4 Å². The van der Waals surface area contributed by atoms with E-state index in [-0.39, 0.29) is 0 Å². The number of pyridine rings is 1. The van der Waals surface area contributed by atoms with Gasteiger partial charge in [-0.05, 0) is 41.8 Å². The molecule has 0 spiro atoms. The Morgan fingerprint density at radius 1 is 1.11 bits per heavy atom. The highest BCUT2D eigenvalue weighted by Gasteiger charge is 2.06. The predicted octanol–water partition coefficient (Wildman–Crippen LogP) is 2.80. The quantitative estimate of drug-likeness (QED) is 0.772. The fourth-order valence-electron chi connectivity index (χ4n) is 2.49. The van der Waals surface area contributed by atoms with Gasteiger partial charge in [-0.25, -0.2) is 0 Å². The minimum Gasteiger partial charge on any atom is -0.343 e. The number of fused-ring (bicyclic) bond motifs is 1. The van der Waals surface area contributed by atoms with Crippen LogP contribution in [0.2, 0.25) is 0 Å². The lowest BCUT2D eigenvalue weighted by atomic mass is 10.1. The van der Waals surface area contributed by atoms with Crippen molar-refractivity contribution in [1.82, 2.24) is 14.9 Å². The Kier molecular flexibility index (Phi) is 3.29. The van der Waals surface area contributed by atoms with Crippen molar-refractivity contribution in [2.45, 2.75) is 13.1 Å². The van der Waals surface area contributed by atoms with Gasteiger partial charge >= 0.3 is 0 Å². The van der Waals surface area contributed by atoms with E-state index in [1.54, 1.807) is 0 Å². The Bertz CT molecular complexity index is 671. The lowest BCUT2D eigenvalue weighted by Crippen LogP contribution is -2.07. The number of aromatic nitrogens is 2. The van der Waals surface area contributed by atoms with Gasteiger partial charge < -0.3 is 9.88 Å². The lowest BCUT2D eigenvalue weighted by molar-refractivity contribution is 0.795. The molecule has 1 N–H and O–H groups in total. The second kappa shape index (κ2) is 5.24. The molecule has 0 aliphatic carbocycles. The molecule has 3 rings (SSSR count). The standard InChI is InChI=1S/C16H17N3/c1-17-11-15-4-2-3-14-7-10-19(16(14)15)12-13-5-8-18-9-6-13/h2-10,17H,11-12H2,1H3. The summed E-state index contributed by atoms with van der Waals surface area (Å²) in [6, 6.07) is 12.8. The number of nitrogens with one attached hydrogen (secondary N) is 1. The van der Waals surface area contributed by atoms with Crippen LogP contribution in [0.15, 0.2) is 55.0 Å². The van der Waals surface area contributed by atoms with Crippen molar-refractivity contribution in [3.8, 4) is 0 Å². The van der Waals surface area contributed by atoms with Gasteiger partial charge in [0.2, 0.25) is 0 Å². The minimum absolute atomic E-state index is 0.882. The normalized spacial score (nSPS) is 11.0. The monoisotopic (exact) mass is 251 g/mol. The molecule has 0 fully saturated rings. The summed E-state index contributed by atoms with van der Waals surface area (Å²) < 4.78 is 2.30. The number of rotatable bonds is 4. The van der Waals surface area contributed by atoms with E-state index in [0.717, 1.165) is 13.1 Å². The van der Waals surface area contributed by atoms with Crippen LogP contribution in [0.3, 0.4) is 0 Å². The van der Waals surface area contributed by atoms with Gasteiger partial charge in [-0.15, -0.1) is 0 Å². The largest absolute Gasteiger partial charge is 0.343 e. The molecule has 0 aliphatic rings. The van der Waals surface area contributed by atoms with Crippen LogP contribution in [0.5, 0.6) is 0 Å². The van der Waals surface area contributed by atoms with Crippen LogP contribution in [-0.2, 0) is 13.1 Å².